The van der Waals surface area contributed by atoms with Gasteiger partial charge in [0.05, 0.1) is 26.7 Å². The van der Waals surface area contributed by atoms with Gasteiger partial charge in [0, 0.05) is 38.2 Å². The molecule has 2 atom stereocenters. The Bertz CT molecular complexity index is 1420. The minimum atomic E-state index is -0.930. The molecule has 11 nitrogen and oxygen atoms in total. The predicted octanol–water partition coefficient (Wildman–Crippen LogP) is 4.09. The number of ether oxygens (including phenoxy) is 2. The fourth-order valence-corrected chi connectivity index (χ4v) is 4.71. The summed E-state index contributed by atoms with van der Waals surface area (Å²) in [6.45, 7) is 0.504. The summed E-state index contributed by atoms with van der Waals surface area (Å²) in [6.07, 6.45) is 0.897. The largest absolute Gasteiger partial charge is 0.467 e. The number of carbonyl (C=O) groups excluding carboxylic acids is 4. The van der Waals surface area contributed by atoms with E-state index in [-0.39, 0.29) is 38.9 Å². The Morgan fingerprint density at radius 2 is 1.16 bits per heavy atom. The number of urea groups is 2. The molecular formula is C34H39N5O6. The van der Waals surface area contributed by atoms with Crippen molar-refractivity contribution in [3.63, 3.8) is 0 Å². The van der Waals surface area contributed by atoms with Crippen LogP contribution in [0.1, 0.15) is 24.0 Å². The third-order valence-corrected chi connectivity index (χ3v) is 7.04. The molecule has 0 aliphatic heterocycles. The maximum atomic E-state index is 13.6. The van der Waals surface area contributed by atoms with E-state index in [0.717, 1.165) is 11.1 Å². The van der Waals surface area contributed by atoms with Crippen LogP contribution in [0.25, 0.3) is 0 Å². The second-order valence-corrected chi connectivity index (χ2v) is 10.2. The van der Waals surface area contributed by atoms with Gasteiger partial charge < -0.3 is 25.0 Å². The Labute approximate surface area is 263 Å². The van der Waals surface area contributed by atoms with E-state index in [1.165, 1.54) is 24.0 Å². The van der Waals surface area contributed by atoms with Crippen LogP contribution in [0.3, 0.4) is 0 Å². The maximum absolute atomic E-state index is 13.6. The third kappa shape index (κ3) is 11.0. The van der Waals surface area contributed by atoms with Gasteiger partial charge in [0.25, 0.3) is 0 Å². The molecule has 4 amide bonds. The van der Waals surface area contributed by atoms with Crippen molar-refractivity contribution in [1.29, 1.82) is 5.26 Å². The van der Waals surface area contributed by atoms with Crippen molar-refractivity contribution >= 4 is 29.7 Å². The molecular weight excluding hydrogens is 574 g/mol. The Balaban J connectivity index is 1.72. The lowest BCUT2D eigenvalue weighted by molar-refractivity contribution is -0.143. The zero-order chi connectivity index (χ0) is 32.4. The number of hydrogen-bond acceptors (Lipinski definition) is 7. The molecule has 0 saturated carbocycles. The minimum Gasteiger partial charge on any atom is -0.467 e. The second kappa shape index (κ2) is 18.3. The van der Waals surface area contributed by atoms with E-state index in [1.807, 2.05) is 72.8 Å². The zero-order valence-electron chi connectivity index (χ0n) is 25.6. The first-order valence-corrected chi connectivity index (χ1v) is 14.6. The monoisotopic (exact) mass is 613 g/mol. The summed E-state index contributed by atoms with van der Waals surface area (Å²) in [5.41, 5.74) is 2.30. The molecule has 0 bridgehead atoms. The summed E-state index contributed by atoms with van der Waals surface area (Å²) in [7, 11) is 2.53. The standard InChI is InChI=1S/C34H39N5O6/c1-44-31(40)29(24-26-14-6-3-7-15-26)36-33(42)38(21-12-20-35)22-13-23-39(28-18-10-5-11-19-28)34(43)37-30(32(41)45-2)25-27-16-8-4-9-17-27/h3-11,14-19,29-30H,12-13,21-25H2,1-2H3,(H,36,42)(H,37,43)/t29-,30-/m0/s1. The first kappa shape index (κ1) is 34.1. The predicted molar refractivity (Wildman–Crippen MR) is 169 cm³/mol. The van der Waals surface area contributed by atoms with Gasteiger partial charge in [0.2, 0.25) is 0 Å². The van der Waals surface area contributed by atoms with Crippen LogP contribution < -0.4 is 15.5 Å². The van der Waals surface area contributed by atoms with Crippen LogP contribution >= 0.6 is 0 Å². The van der Waals surface area contributed by atoms with Crippen LogP contribution in [0.5, 0.6) is 0 Å². The van der Waals surface area contributed by atoms with Crippen LogP contribution in [0.2, 0.25) is 0 Å². The van der Waals surface area contributed by atoms with Gasteiger partial charge in [-0.05, 0) is 29.7 Å². The van der Waals surface area contributed by atoms with E-state index in [1.54, 1.807) is 24.3 Å². The number of methoxy groups -OCH3 is 2. The topological polar surface area (TPSA) is 141 Å². The van der Waals surface area contributed by atoms with Crippen LogP contribution in [0, 0.1) is 11.3 Å². The minimum absolute atomic E-state index is 0.0815. The fraction of sp³-hybridized carbons (Fsp3) is 0.324. The number of amides is 4. The lowest BCUT2D eigenvalue weighted by Gasteiger charge is -2.28. The molecule has 0 aliphatic rings. The highest BCUT2D eigenvalue weighted by atomic mass is 16.5. The fourth-order valence-electron chi connectivity index (χ4n) is 4.71. The van der Waals surface area contributed by atoms with Crippen molar-refractivity contribution in [1.82, 2.24) is 15.5 Å². The van der Waals surface area contributed by atoms with Crippen molar-refractivity contribution < 1.29 is 28.7 Å². The number of nitriles is 1. The first-order chi connectivity index (χ1) is 21.9. The number of carbonyl (C=O) groups is 4. The molecule has 0 saturated heterocycles. The van der Waals surface area contributed by atoms with E-state index >= 15 is 0 Å². The lowest BCUT2D eigenvalue weighted by atomic mass is 10.1. The van der Waals surface area contributed by atoms with E-state index in [4.69, 9.17) is 9.47 Å². The Kier molecular flexibility index (Phi) is 13.9. The molecule has 0 heterocycles. The molecule has 0 aromatic heterocycles. The highest BCUT2D eigenvalue weighted by Crippen LogP contribution is 2.16. The summed E-state index contributed by atoms with van der Waals surface area (Å²) < 4.78 is 9.88. The molecule has 236 valence electrons. The number of rotatable bonds is 15. The molecule has 0 spiro atoms. The summed E-state index contributed by atoms with van der Waals surface area (Å²) in [4.78, 5) is 55.0. The highest BCUT2D eigenvalue weighted by Gasteiger charge is 2.27. The van der Waals surface area contributed by atoms with Gasteiger partial charge in [-0.2, -0.15) is 5.26 Å². The maximum Gasteiger partial charge on any atom is 0.328 e. The SMILES string of the molecule is COC(=O)[C@H](Cc1ccccc1)NC(=O)N(CCC#N)CCCN(C(=O)N[C@@H](Cc1ccccc1)C(=O)OC)c1ccccc1. The molecule has 3 aromatic carbocycles. The molecule has 0 unspecified atom stereocenters. The molecule has 45 heavy (non-hydrogen) atoms. The smallest absolute Gasteiger partial charge is 0.328 e. The van der Waals surface area contributed by atoms with Gasteiger partial charge in [-0.25, -0.2) is 19.2 Å². The average Bonchev–Trinajstić information content (AvgIpc) is 3.07. The average molecular weight is 614 g/mol. The van der Waals surface area contributed by atoms with Crippen molar-refractivity contribution in [3.8, 4) is 6.07 Å². The molecule has 0 aliphatic carbocycles. The number of nitrogens with one attached hydrogen (secondary N) is 2. The summed E-state index contributed by atoms with van der Waals surface area (Å²) >= 11 is 0. The van der Waals surface area contributed by atoms with Gasteiger partial charge >= 0.3 is 24.0 Å². The number of anilines is 1. The van der Waals surface area contributed by atoms with Gasteiger partial charge in [0.1, 0.15) is 12.1 Å². The number of esters is 2. The number of para-hydroxylation sites is 1. The van der Waals surface area contributed by atoms with E-state index in [0.29, 0.717) is 12.1 Å². The van der Waals surface area contributed by atoms with E-state index in [9.17, 15) is 24.4 Å². The lowest BCUT2D eigenvalue weighted by Crippen LogP contribution is -2.51. The summed E-state index contributed by atoms with van der Waals surface area (Å²) in [6, 6.07) is 26.7. The molecule has 2 N–H and O–H groups in total. The number of benzene rings is 3. The molecule has 0 fully saturated rings. The quantitative estimate of drug-likeness (QED) is 0.246. The Hall–Kier alpha value is -5.37. The van der Waals surface area contributed by atoms with Crippen molar-refractivity contribution in [2.24, 2.45) is 0 Å². The second-order valence-electron chi connectivity index (χ2n) is 10.2. The Morgan fingerprint density at radius 1 is 0.689 bits per heavy atom. The van der Waals surface area contributed by atoms with Gasteiger partial charge in [-0.3, -0.25) is 4.90 Å². The van der Waals surface area contributed by atoms with Gasteiger partial charge in [-0.1, -0.05) is 78.9 Å². The highest BCUT2D eigenvalue weighted by molar-refractivity contribution is 5.94. The van der Waals surface area contributed by atoms with Crippen LogP contribution in [-0.2, 0) is 31.9 Å². The van der Waals surface area contributed by atoms with Crippen LogP contribution in [0.4, 0.5) is 15.3 Å². The van der Waals surface area contributed by atoms with Crippen molar-refractivity contribution in [3.05, 3.63) is 102 Å². The Morgan fingerprint density at radius 3 is 1.62 bits per heavy atom. The first-order valence-electron chi connectivity index (χ1n) is 14.6. The van der Waals surface area contributed by atoms with Gasteiger partial charge in [0.15, 0.2) is 0 Å². The van der Waals surface area contributed by atoms with Crippen molar-refractivity contribution in [2.45, 2.75) is 37.8 Å². The third-order valence-electron chi connectivity index (χ3n) is 7.04. The zero-order valence-corrected chi connectivity index (χ0v) is 25.6. The van der Waals surface area contributed by atoms with Crippen molar-refractivity contribution in [2.75, 3.05) is 38.8 Å². The summed E-state index contributed by atoms with van der Waals surface area (Å²) in [5.74, 6) is -1.16. The summed E-state index contributed by atoms with van der Waals surface area (Å²) in [5, 5.41) is 14.8. The molecule has 3 rings (SSSR count). The number of hydrogen-bond donors (Lipinski definition) is 2. The van der Waals surface area contributed by atoms with E-state index < -0.39 is 36.1 Å². The normalized spacial score (nSPS) is 11.7. The van der Waals surface area contributed by atoms with Crippen LogP contribution in [-0.4, -0.2) is 74.8 Å². The molecule has 11 heteroatoms. The molecule has 3 aromatic rings. The number of nitrogens with zero attached hydrogens (tertiary/aromatic N) is 3. The van der Waals surface area contributed by atoms with Gasteiger partial charge in [-0.15, -0.1) is 0 Å². The van der Waals surface area contributed by atoms with E-state index in [2.05, 4.69) is 10.6 Å². The van der Waals surface area contributed by atoms with Crippen LogP contribution in [0.15, 0.2) is 91.0 Å². The molecule has 0 radical (unpaired) electrons.